The van der Waals surface area contributed by atoms with E-state index in [1.165, 1.54) is 7.11 Å². The topological polar surface area (TPSA) is 92.9 Å². The van der Waals surface area contributed by atoms with Crippen molar-refractivity contribution >= 4 is 11.9 Å². The van der Waals surface area contributed by atoms with Gasteiger partial charge in [-0.05, 0) is 25.7 Å². The van der Waals surface area contributed by atoms with Crippen LogP contribution in [0.15, 0.2) is 10.6 Å². The SMILES string of the molecule is COCc1cc(C(=O)N2CCCC[C@H]2CCC(=O)O)no1. The van der Waals surface area contributed by atoms with Crippen molar-refractivity contribution in [1.29, 1.82) is 0 Å². The molecule has 1 fully saturated rings. The number of likely N-dealkylation sites (tertiary alicyclic amines) is 1. The Kier molecular flexibility index (Phi) is 5.32. The minimum atomic E-state index is -0.836. The monoisotopic (exact) mass is 296 g/mol. The molecule has 7 heteroatoms. The summed E-state index contributed by atoms with van der Waals surface area (Å²) in [7, 11) is 1.54. The standard InChI is InChI=1S/C14H20N2O5/c1-20-9-11-8-12(15-21-11)14(19)16-7-3-2-4-10(16)5-6-13(17)18/h8,10H,2-7,9H2,1H3,(H,17,18)/t10-/m0/s1. The summed E-state index contributed by atoms with van der Waals surface area (Å²) < 4.78 is 9.96. The van der Waals surface area contributed by atoms with Gasteiger partial charge in [-0.3, -0.25) is 9.59 Å². The van der Waals surface area contributed by atoms with Crippen LogP contribution in [-0.4, -0.2) is 46.7 Å². The zero-order valence-corrected chi connectivity index (χ0v) is 12.1. The number of carbonyl (C=O) groups excluding carboxylic acids is 1. The average Bonchev–Trinajstić information content (AvgIpc) is 2.94. The number of nitrogens with zero attached hydrogens (tertiary/aromatic N) is 2. The van der Waals surface area contributed by atoms with Crippen molar-refractivity contribution in [2.75, 3.05) is 13.7 Å². The number of aromatic nitrogens is 1. The fraction of sp³-hybridized carbons (Fsp3) is 0.643. The Morgan fingerprint density at radius 2 is 2.33 bits per heavy atom. The molecule has 1 saturated heterocycles. The van der Waals surface area contributed by atoms with Crippen LogP contribution in [-0.2, 0) is 16.1 Å². The molecule has 1 aromatic heterocycles. The van der Waals surface area contributed by atoms with E-state index in [9.17, 15) is 9.59 Å². The van der Waals surface area contributed by atoms with Gasteiger partial charge in [0.1, 0.15) is 6.61 Å². The van der Waals surface area contributed by atoms with Gasteiger partial charge < -0.3 is 19.3 Å². The number of carboxylic acids is 1. The lowest BCUT2D eigenvalue weighted by molar-refractivity contribution is -0.137. The molecule has 2 rings (SSSR count). The van der Waals surface area contributed by atoms with Crippen LogP contribution in [0.25, 0.3) is 0 Å². The van der Waals surface area contributed by atoms with E-state index in [4.69, 9.17) is 14.4 Å². The molecule has 0 spiro atoms. The van der Waals surface area contributed by atoms with Crippen LogP contribution in [0.3, 0.4) is 0 Å². The summed E-state index contributed by atoms with van der Waals surface area (Å²) in [4.78, 5) is 24.9. The molecule has 1 atom stereocenters. The largest absolute Gasteiger partial charge is 0.481 e. The van der Waals surface area contributed by atoms with Crippen LogP contribution in [0.4, 0.5) is 0 Å². The molecule has 0 unspecified atom stereocenters. The summed E-state index contributed by atoms with van der Waals surface area (Å²) in [5, 5.41) is 12.6. The first-order chi connectivity index (χ1) is 10.1. The van der Waals surface area contributed by atoms with E-state index in [1.54, 1.807) is 11.0 Å². The molecule has 1 amide bonds. The molecule has 0 aliphatic carbocycles. The van der Waals surface area contributed by atoms with Crippen molar-refractivity contribution in [2.45, 2.75) is 44.8 Å². The van der Waals surface area contributed by atoms with Crippen LogP contribution in [0.5, 0.6) is 0 Å². The first kappa shape index (κ1) is 15.5. The predicted octanol–water partition coefficient (Wildman–Crippen LogP) is 1.68. The number of rotatable bonds is 6. The second kappa shape index (κ2) is 7.21. The van der Waals surface area contributed by atoms with E-state index in [0.29, 0.717) is 18.7 Å². The first-order valence-corrected chi connectivity index (χ1v) is 7.09. The van der Waals surface area contributed by atoms with E-state index in [-0.39, 0.29) is 30.7 Å². The minimum absolute atomic E-state index is 0.0371. The lowest BCUT2D eigenvalue weighted by Gasteiger charge is -2.35. The van der Waals surface area contributed by atoms with Gasteiger partial charge in [0.25, 0.3) is 5.91 Å². The van der Waals surface area contributed by atoms with Crippen molar-refractivity contribution in [3.8, 4) is 0 Å². The van der Waals surface area contributed by atoms with E-state index >= 15 is 0 Å². The highest BCUT2D eigenvalue weighted by molar-refractivity contribution is 5.92. The molecular weight excluding hydrogens is 276 g/mol. The van der Waals surface area contributed by atoms with Gasteiger partial charge in [0.15, 0.2) is 11.5 Å². The van der Waals surface area contributed by atoms with Crippen molar-refractivity contribution in [2.24, 2.45) is 0 Å². The maximum atomic E-state index is 12.5. The summed E-state index contributed by atoms with van der Waals surface area (Å²) in [5.41, 5.74) is 0.254. The third-order valence-corrected chi connectivity index (χ3v) is 3.64. The van der Waals surface area contributed by atoms with Crippen LogP contribution < -0.4 is 0 Å². The van der Waals surface area contributed by atoms with Gasteiger partial charge in [-0.25, -0.2) is 0 Å². The molecule has 0 bridgehead atoms. The number of methoxy groups -OCH3 is 1. The average molecular weight is 296 g/mol. The highest BCUT2D eigenvalue weighted by Crippen LogP contribution is 2.23. The maximum absolute atomic E-state index is 12.5. The second-order valence-corrected chi connectivity index (χ2v) is 5.19. The van der Waals surface area contributed by atoms with Crippen molar-refractivity contribution in [3.63, 3.8) is 0 Å². The molecule has 21 heavy (non-hydrogen) atoms. The zero-order valence-electron chi connectivity index (χ0n) is 12.1. The Balaban J connectivity index is 2.04. The molecule has 116 valence electrons. The lowest BCUT2D eigenvalue weighted by atomic mass is 9.97. The molecule has 2 heterocycles. The molecule has 1 aromatic rings. The smallest absolute Gasteiger partial charge is 0.303 e. The van der Waals surface area contributed by atoms with Gasteiger partial charge in [-0.15, -0.1) is 0 Å². The quantitative estimate of drug-likeness (QED) is 0.858. The first-order valence-electron chi connectivity index (χ1n) is 7.09. The Labute approximate surface area is 122 Å². The molecular formula is C14H20N2O5. The predicted molar refractivity (Wildman–Crippen MR) is 72.8 cm³/mol. The highest BCUT2D eigenvalue weighted by atomic mass is 16.5. The number of hydrogen-bond acceptors (Lipinski definition) is 5. The maximum Gasteiger partial charge on any atom is 0.303 e. The minimum Gasteiger partial charge on any atom is -0.481 e. The van der Waals surface area contributed by atoms with E-state index < -0.39 is 5.97 Å². The van der Waals surface area contributed by atoms with Gasteiger partial charge in [-0.1, -0.05) is 5.16 Å². The fourth-order valence-electron chi connectivity index (χ4n) is 2.63. The summed E-state index contributed by atoms with van der Waals surface area (Å²) >= 11 is 0. The number of ether oxygens (including phenoxy) is 1. The number of carbonyl (C=O) groups is 2. The van der Waals surface area contributed by atoms with Crippen LogP contribution in [0.2, 0.25) is 0 Å². The van der Waals surface area contributed by atoms with Crippen LogP contribution in [0.1, 0.15) is 48.4 Å². The number of hydrogen-bond donors (Lipinski definition) is 1. The van der Waals surface area contributed by atoms with Crippen LogP contribution >= 0.6 is 0 Å². The Morgan fingerprint density at radius 1 is 1.52 bits per heavy atom. The van der Waals surface area contributed by atoms with Crippen molar-refractivity contribution in [3.05, 3.63) is 17.5 Å². The molecule has 1 aliphatic rings. The van der Waals surface area contributed by atoms with Gasteiger partial charge in [0.2, 0.25) is 0 Å². The molecule has 0 radical (unpaired) electrons. The fourth-order valence-corrected chi connectivity index (χ4v) is 2.63. The summed E-state index contributed by atoms with van der Waals surface area (Å²) in [6.45, 7) is 0.901. The molecule has 0 aromatic carbocycles. The second-order valence-electron chi connectivity index (χ2n) is 5.19. The Morgan fingerprint density at radius 3 is 3.05 bits per heavy atom. The number of aliphatic carboxylic acids is 1. The van der Waals surface area contributed by atoms with E-state index in [0.717, 1.165) is 19.3 Å². The van der Waals surface area contributed by atoms with Crippen molar-refractivity contribution < 1.29 is 24.0 Å². The summed E-state index contributed by atoms with van der Waals surface area (Å²) in [6.07, 6.45) is 3.33. The number of piperidine rings is 1. The normalized spacial score (nSPS) is 18.7. The van der Waals surface area contributed by atoms with Crippen LogP contribution in [0, 0.1) is 0 Å². The lowest BCUT2D eigenvalue weighted by Crippen LogP contribution is -2.44. The van der Waals surface area contributed by atoms with Crippen molar-refractivity contribution in [1.82, 2.24) is 10.1 Å². The third kappa shape index (κ3) is 4.04. The van der Waals surface area contributed by atoms with Gasteiger partial charge in [0, 0.05) is 32.2 Å². The van der Waals surface area contributed by atoms with Gasteiger partial charge >= 0.3 is 5.97 Å². The van der Waals surface area contributed by atoms with E-state index in [1.807, 2.05) is 0 Å². The van der Waals surface area contributed by atoms with E-state index in [2.05, 4.69) is 5.16 Å². The van der Waals surface area contributed by atoms with Gasteiger partial charge in [-0.2, -0.15) is 0 Å². The molecule has 7 nitrogen and oxygen atoms in total. The summed E-state index contributed by atoms with van der Waals surface area (Å²) in [6, 6.07) is 1.54. The number of carboxylic acid groups (broad SMARTS) is 1. The highest BCUT2D eigenvalue weighted by Gasteiger charge is 2.29. The molecule has 0 saturated carbocycles. The summed E-state index contributed by atoms with van der Waals surface area (Å²) in [5.74, 6) is -0.534. The Hall–Kier alpha value is -1.89. The zero-order chi connectivity index (χ0) is 15.2. The third-order valence-electron chi connectivity index (χ3n) is 3.64. The molecule has 1 aliphatic heterocycles. The number of amides is 1. The molecule has 1 N–H and O–H groups in total. The van der Waals surface area contributed by atoms with Gasteiger partial charge in [0.05, 0.1) is 0 Å². The Bertz CT molecular complexity index is 499.